The van der Waals surface area contributed by atoms with Crippen LogP contribution in [0.5, 0.6) is 0 Å². The van der Waals surface area contributed by atoms with Gasteiger partial charge in [0, 0.05) is 13.8 Å². The van der Waals surface area contributed by atoms with Gasteiger partial charge in [-0.25, -0.2) is 5.01 Å². The number of thioether (sulfide) groups is 1. The van der Waals surface area contributed by atoms with Crippen LogP contribution >= 0.6 is 11.8 Å². The summed E-state index contributed by atoms with van der Waals surface area (Å²) in [6.07, 6.45) is 0. The van der Waals surface area contributed by atoms with Crippen molar-refractivity contribution in [3.8, 4) is 0 Å². The van der Waals surface area contributed by atoms with Gasteiger partial charge in [0.1, 0.15) is 11.5 Å². The average molecular weight is 267 g/mol. The summed E-state index contributed by atoms with van der Waals surface area (Å²) in [5.74, 6) is 0.974. The first-order chi connectivity index (χ1) is 8.47. The van der Waals surface area contributed by atoms with Gasteiger partial charge in [0.05, 0.1) is 0 Å². The minimum atomic E-state index is -0.363. The number of furan rings is 1. The van der Waals surface area contributed by atoms with Crippen LogP contribution in [0.15, 0.2) is 21.7 Å². The van der Waals surface area contributed by atoms with Crippen molar-refractivity contribution in [2.45, 2.75) is 26.1 Å². The fourth-order valence-electron chi connectivity index (χ4n) is 1.53. The van der Waals surface area contributed by atoms with E-state index in [4.69, 9.17) is 4.42 Å². The molecule has 1 N–H and O–H groups in total. The van der Waals surface area contributed by atoms with E-state index >= 15 is 0 Å². The highest BCUT2D eigenvalue weighted by molar-refractivity contribution is 8.14. The second-order valence-electron chi connectivity index (χ2n) is 3.87. The van der Waals surface area contributed by atoms with Crippen LogP contribution < -0.4 is 5.32 Å². The Hall–Kier alpha value is -1.76. The number of aryl methyl sites for hydroxylation is 1. The van der Waals surface area contributed by atoms with E-state index in [1.54, 1.807) is 6.07 Å². The molecule has 18 heavy (non-hydrogen) atoms. The van der Waals surface area contributed by atoms with Crippen molar-refractivity contribution in [1.82, 2.24) is 10.3 Å². The molecule has 0 saturated heterocycles. The lowest BCUT2D eigenvalue weighted by Crippen LogP contribution is -2.25. The van der Waals surface area contributed by atoms with Crippen molar-refractivity contribution in [3.05, 3.63) is 23.7 Å². The zero-order valence-electron chi connectivity index (χ0n) is 10.3. The van der Waals surface area contributed by atoms with E-state index in [1.165, 1.54) is 30.6 Å². The van der Waals surface area contributed by atoms with Gasteiger partial charge in [-0.3, -0.25) is 9.59 Å². The van der Waals surface area contributed by atoms with E-state index in [1.807, 2.05) is 13.0 Å². The Labute approximate surface area is 108 Å². The molecule has 0 bridgehead atoms. The van der Waals surface area contributed by atoms with Crippen molar-refractivity contribution < 1.29 is 14.0 Å². The van der Waals surface area contributed by atoms with E-state index < -0.39 is 0 Å². The fraction of sp³-hybridized carbons (Fsp3) is 0.364. The lowest BCUT2D eigenvalue weighted by Gasteiger charge is -2.16. The number of rotatable bonds is 1. The summed E-state index contributed by atoms with van der Waals surface area (Å²) in [7, 11) is 0. The minimum Gasteiger partial charge on any atom is -0.463 e. The molecular weight excluding hydrogens is 254 g/mol. The summed E-state index contributed by atoms with van der Waals surface area (Å²) < 4.78 is 5.50. The maximum atomic E-state index is 11.5. The molecule has 0 unspecified atom stereocenters. The van der Waals surface area contributed by atoms with E-state index in [9.17, 15) is 9.59 Å². The molecule has 2 heterocycles. The summed E-state index contributed by atoms with van der Waals surface area (Å²) in [5, 5.41) is 7.97. The number of hydrogen-bond acceptors (Lipinski definition) is 5. The average Bonchev–Trinajstić information content (AvgIpc) is 2.83. The zero-order chi connectivity index (χ0) is 13.3. The molecule has 0 radical (unpaired) electrons. The lowest BCUT2D eigenvalue weighted by atomic mass is 10.4. The molecular formula is C11H13N3O3S. The summed E-state index contributed by atoms with van der Waals surface area (Å²) >= 11 is 1.27. The Morgan fingerprint density at radius 3 is 2.67 bits per heavy atom. The van der Waals surface area contributed by atoms with Crippen molar-refractivity contribution in [2.75, 3.05) is 0 Å². The SMILES string of the molecule is CC(=O)NC1=NN(C(C)=O)[C@@H](c2ccc(C)o2)S1. The molecule has 6 nitrogen and oxygen atoms in total. The maximum absolute atomic E-state index is 11.5. The summed E-state index contributed by atoms with van der Waals surface area (Å²) in [4.78, 5) is 22.5. The first-order valence-electron chi connectivity index (χ1n) is 5.36. The highest BCUT2D eigenvalue weighted by Gasteiger charge is 2.34. The zero-order valence-corrected chi connectivity index (χ0v) is 11.1. The van der Waals surface area contributed by atoms with Crippen LogP contribution in [0.1, 0.15) is 30.7 Å². The van der Waals surface area contributed by atoms with E-state index in [0.29, 0.717) is 10.9 Å². The number of hydrazone groups is 1. The number of hydrogen-bond donors (Lipinski definition) is 1. The Morgan fingerprint density at radius 2 is 2.17 bits per heavy atom. The quantitative estimate of drug-likeness (QED) is 0.838. The fourth-order valence-corrected chi connectivity index (χ4v) is 2.62. The Bertz CT molecular complexity index is 523. The molecule has 1 aromatic heterocycles. The topological polar surface area (TPSA) is 74.9 Å². The van der Waals surface area contributed by atoms with Crippen LogP contribution in [0.3, 0.4) is 0 Å². The number of amidine groups is 1. The van der Waals surface area contributed by atoms with Crippen molar-refractivity contribution in [2.24, 2.45) is 5.10 Å². The summed E-state index contributed by atoms with van der Waals surface area (Å²) in [5.41, 5.74) is 0. The molecule has 1 aliphatic heterocycles. The van der Waals surface area contributed by atoms with Crippen LogP contribution in [0, 0.1) is 6.92 Å². The van der Waals surface area contributed by atoms with Gasteiger partial charge < -0.3 is 9.73 Å². The molecule has 0 fully saturated rings. The number of nitrogens with zero attached hydrogens (tertiary/aromatic N) is 2. The molecule has 0 aromatic carbocycles. The largest absolute Gasteiger partial charge is 0.463 e. The smallest absolute Gasteiger partial charge is 0.241 e. The maximum Gasteiger partial charge on any atom is 0.241 e. The highest BCUT2D eigenvalue weighted by atomic mass is 32.2. The third-order valence-corrected chi connectivity index (χ3v) is 3.32. The Morgan fingerprint density at radius 1 is 1.44 bits per heavy atom. The van der Waals surface area contributed by atoms with Crippen molar-refractivity contribution in [1.29, 1.82) is 0 Å². The third kappa shape index (κ3) is 2.56. The number of amides is 2. The van der Waals surface area contributed by atoms with Gasteiger partial charge in [0.15, 0.2) is 10.5 Å². The number of carbonyl (C=O) groups is 2. The van der Waals surface area contributed by atoms with Gasteiger partial charge in [-0.05, 0) is 19.1 Å². The lowest BCUT2D eigenvalue weighted by molar-refractivity contribution is -0.129. The standard InChI is InChI=1S/C11H13N3O3S/c1-6-4-5-9(17-6)10-14(8(3)16)13-11(18-10)12-7(2)15/h4-5,10H,1-3H3,(H,12,13,15)/t10-/m1/s1. The van der Waals surface area contributed by atoms with E-state index in [2.05, 4.69) is 10.4 Å². The van der Waals surface area contributed by atoms with Crippen molar-refractivity contribution >= 4 is 28.7 Å². The van der Waals surface area contributed by atoms with E-state index in [-0.39, 0.29) is 17.2 Å². The second kappa shape index (κ2) is 4.85. The monoisotopic (exact) mass is 267 g/mol. The molecule has 2 amide bonds. The Kier molecular flexibility index (Phi) is 3.42. The molecule has 0 saturated carbocycles. The number of nitrogens with one attached hydrogen (secondary N) is 1. The molecule has 1 aromatic rings. The van der Waals surface area contributed by atoms with Crippen LogP contribution in [-0.2, 0) is 9.59 Å². The van der Waals surface area contributed by atoms with Gasteiger partial charge in [-0.2, -0.15) is 0 Å². The first kappa shape index (κ1) is 12.7. The molecule has 7 heteroatoms. The van der Waals surface area contributed by atoms with Crippen LogP contribution in [-0.4, -0.2) is 22.0 Å². The third-order valence-electron chi connectivity index (χ3n) is 2.25. The minimum absolute atomic E-state index is 0.207. The molecule has 2 rings (SSSR count). The summed E-state index contributed by atoms with van der Waals surface area (Å²) in [6, 6.07) is 3.62. The Balaban J connectivity index is 2.22. The molecule has 1 atom stereocenters. The van der Waals surface area contributed by atoms with Gasteiger partial charge in [-0.15, -0.1) is 5.10 Å². The second-order valence-corrected chi connectivity index (χ2v) is 4.94. The predicted molar refractivity (Wildman–Crippen MR) is 67.5 cm³/mol. The van der Waals surface area contributed by atoms with Crippen LogP contribution in [0.4, 0.5) is 0 Å². The molecule has 96 valence electrons. The predicted octanol–water partition coefficient (Wildman–Crippen LogP) is 1.59. The molecule has 1 aliphatic rings. The van der Waals surface area contributed by atoms with Gasteiger partial charge in [0.2, 0.25) is 11.8 Å². The van der Waals surface area contributed by atoms with Gasteiger partial charge in [0.25, 0.3) is 0 Å². The summed E-state index contributed by atoms with van der Waals surface area (Å²) in [6.45, 7) is 4.64. The van der Waals surface area contributed by atoms with Gasteiger partial charge >= 0.3 is 0 Å². The first-order valence-corrected chi connectivity index (χ1v) is 6.24. The number of carbonyl (C=O) groups excluding carboxylic acids is 2. The molecule has 0 aliphatic carbocycles. The normalized spacial score (nSPS) is 18.7. The van der Waals surface area contributed by atoms with Crippen LogP contribution in [0.2, 0.25) is 0 Å². The highest BCUT2D eigenvalue weighted by Crippen LogP contribution is 2.39. The van der Waals surface area contributed by atoms with Gasteiger partial charge in [-0.1, -0.05) is 11.8 Å². The van der Waals surface area contributed by atoms with Crippen LogP contribution in [0.25, 0.3) is 0 Å². The van der Waals surface area contributed by atoms with E-state index in [0.717, 1.165) is 5.76 Å². The molecule has 0 spiro atoms. The van der Waals surface area contributed by atoms with Crippen molar-refractivity contribution in [3.63, 3.8) is 0 Å².